The molecule has 2 nitrogen and oxygen atoms in total. The summed E-state index contributed by atoms with van der Waals surface area (Å²) in [4.78, 5) is 4.94. The first kappa shape index (κ1) is 60.1. The van der Waals surface area contributed by atoms with E-state index in [0.29, 0.717) is 0 Å². The molecule has 0 fully saturated rings. The first-order valence-corrected chi connectivity index (χ1v) is 33.0. The van der Waals surface area contributed by atoms with Gasteiger partial charge in [0.1, 0.15) is 17.6 Å². The van der Waals surface area contributed by atoms with Gasteiger partial charge in [-0.25, -0.2) is 0 Å². The highest BCUT2D eigenvalue weighted by molar-refractivity contribution is 9.11. The Bertz CT molecular complexity index is 4440. The molecule has 0 unspecified atom stereocenters. The maximum Gasteiger partial charge on any atom is 0.117 e. The first-order chi connectivity index (χ1) is 45.5. The van der Waals surface area contributed by atoms with Crippen LogP contribution >= 0.6 is 31.9 Å². The van der Waals surface area contributed by atoms with Crippen molar-refractivity contribution in [1.82, 2.24) is 0 Å². The maximum absolute atomic E-state index is 3.35. The van der Waals surface area contributed by atoms with Crippen molar-refractivity contribution in [3.05, 3.63) is 463 Å². The monoisotopic (exact) mass is 1320 g/mol. The summed E-state index contributed by atoms with van der Waals surface area (Å²) in [5.74, 6) is 0. The van der Waals surface area contributed by atoms with Crippen LogP contribution in [0.4, 0.5) is 34.1 Å². The van der Waals surface area contributed by atoms with Gasteiger partial charge in [0.25, 0.3) is 0 Å². The van der Waals surface area contributed by atoms with Crippen molar-refractivity contribution in [2.75, 3.05) is 9.80 Å². The van der Waals surface area contributed by atoms with Crippen molar-refractivity contribution < 1.29 is 0 Å². The van der Waals surface area contributed by atoms with Gasteiger partial charge in [-0.05, 0) is 127 Å². The van der Waals surface area contributed by atoms with Crippen LogP contribution < -0.4 is 9.80 Å². The van der Waals surface area contributed by atoms with Gasteiger partial charge in [0.05, 0.1) is 50.8 Å². The summed E-state index contributed by atoms with van der Waals surface area (Å²) >= 11 is 6.66. The zero-order valence-electron chi connectivity index (χ0n) is 50.6. The second-order valence-corrected chi connectivity index (χ2v) is 25.4. The lowest BCUT2D eigenvalue weighted by atomic mass is 9.59. The molecule has 0 N–H and O–H groups in total. The summed E-state index contributed by atoms with van der Waals surface area (Å²) in [5.41, 5.74) is 23.6. The zero-order valence-corrected chi connectivity index (χ0v) is 53.7. The SMILES string of the molecule is Brc1cccc(Br)c1.C.[C+]1=CC2=C(C=C1)Cc1ccccc1C2(c1ccccc1)c1ccccc1.c1ccc(C2(c3ccccc3)c3ccccc3N(c3cccc(N4c5ccccc5C(c5ccccc5)(c5ccccc5)c5ccccc54)c3)c3ccccc32)cc1. The summed E-state index contributed by atoms with van der Waals surface area (Å²) in [5, 5.41) is 0. The molecule has 2 aliphatic heterocycles. The van der Waals surface area contributed by atoms with E-state index in [-0.39, 0.29) is 12.8 Å². The number of anilines is 6. The van der Waals surface area contributed by atoms with Crippen LogP contribution in [0.5, 0.6) is 0 Å². The van der Waals surface area contributed by atoms with E-state index < -0.39 is 10.8 Å². The summed E-state index contributed by atoms with van der Waals surface area (Å²) < 4.78 is 2.21. The van der Waals surface area contributed by atoms with Crippen molar-refractivity contribution in [2.45, 2.75) is 30.1 Å². The molecule has 4 heteroatoms. The molecule has 0 saturated heterocycles. The molecule has 0 atom stereocenters. The van der Waals surface area contributed by atoms with E-state index in [0.717, 1.165) is 49.5 Å². The Morgan fingerprint density at radius 1 is 0.290 bits per heavy atom. The minimum Gasteiger partial charge on any atom is -0.310 e. The number of nitrogens with zero attached hydrogens (tertiary/aromatic N) is 2. The van der Waals surface area contributed by atoms with E-state index in [1.807, 2.05) is 30.3 Å². The topological polar surface area (TPSA) is 6.48 Å². The maximum atomic E-state index is 3.35. The standard InChI is InChI=1S/C56H40N2.C26H19.C6H4Br2.CH4/c1-5-22-41(23-6-1)55(42-24-7-2-8-25-42)47-32-13-17-36-51(47)57(52-37-18-14-33-48(52)55)45-30-21-31-46(40-45)58-53-38-19-15-34-49(53)56(43-26-9-3-10-27-43,44-28-11-4-12-29-44)50-35-16-20-39-54(50)58;1-3-13-22(14-4-1)26(23-15-5-2-6-16-23)24-17-9-7-11-20(24)19-21-12-8-10-18-25(21)26;7-5-2-1-3-6(8)4-5;/h1-40H;1-9,11-18H,19H2;1-4H;1H4/q;+1;;. The van der Waals surface area contributed by atoms with Gasteiger partial charge in [-0.3, -0.25) is 0 Å². The van der Waals surface area contributed by atoms with Crippen LogP contribution in [-0.4, -0.2) is 0 Å². The lowest BCUT2D eigenvalue weighted by Crippen LogP contribution is -2.38. The number of benzene rings is 13. The summed E-state index contributed by atoms with van der Waals surface area (Å²) in [7, 11) is 0. The number of hydrogen-bond donors (Lipinski definition) is 0. The third-order valence-corrected chi connectivity index (χ3v) is 19.7. The number of para-hydroxylation sites is 4. The lowest BCUT2D eigenvalue weighted by molar-refractivity contribution is 0.702. The van der Waals surface area contributed by atoms with Gasteiger partial charge in [0.15, 0.2) is 0 Å². The van der Waals surface area contributed by atoms with Crippen LogP contribution in [0.15, 0.2) is 390 Å². The van der Waals surface area contributed by atoms with Crippen LogP contribution in [0.25, 0.3) is 0 Å². The van der Waals surface area contributed by atoms with Crippen LogP contribution in [0.1, 0.15) is 74.2 Å². The fourth-order valence-electron chi connectivity index (χ4n) is 15.1. The molecule has 0 radical (unpaired) electrons. The quantitative estimate of drug-likeness (QED) is 0.140. The number of fused-ring (bicyclic) bond motifs is 5. The van der Waals surface area contributed by atoms with Crippen LogP contribution in [-0.2, 0) is 22.7 Å². The normalized spacial score (nSPS) is 14.4. The minimum absolute atomic E-state index is 0. The number of allylic oxidation sites excluding steroid dienone is 6. The predicted molar refractivity (Wildman–Crippen MR) is 395 cm³/mol. The number of rotatable bonds is 8. The van der Waals surface area contributed by atoms with Gasteiger partial charge in [-0.2, -0.15) is 0 Å². The van der Waals surface area contributed by atoms with Gasteiger partial charge < -0.3 is 9.80 Å². The number of halogens is 2. The van der Waals surface area contributed by atoms with Gasteiger partial charge in [-0.1, -0.05) is 330 Å². The third kappa shape index (κ3) is 10.3. The molecule has 13 aromatic rings. The zero-order chi connectivity index (χ0) is 61.9. The molecule has 2 aliphatic carbocycles. The highest BCUT2D eigenvalue weighted by Gasteiger charge is 2.50. The molecule has 0 aromatic heterocycles. The minimum atomic E-state index is -0.521. The fourth-order valence-corrected chi connectivity index (χ4v) is 16.2. The van der Waals surface area contributed by atoms with Gasteiger partial charge in [0.2, 0.25) is 0 Å². The Morgan fingerprint density at radius 3 is 0.935 bits per heavy atom. The lowest BCUT2D eigenvalue weighted by Gasteiger charge is -2.47. The Balaban J connectivity index is 0.000000176. The second kappa shape index (κ2) is 26.0. The van der Waals surface area contributed by atoms with Crippen molar-refractivity contribution in [3.63, 3.8) is 0 Å². The van der Waals surface area contributed by atoms with Crippen LogP contribution in [0.2, 0.25) is 0 Å². The molecule has 446 valence electrons. The second-order valence-electron chi connectivity index (χ2n) is 23.6. The largest absolute Gasteiger partial charge is 0.310 e. The van der Waals surface area contributed by atoms with Crippen molar-refractivity contribution >= 4 is 66.0 Å². The molecule has 0 amide bonds. The summed E-state index contributed by atoms with van der Waals surface area (Å²) in [6.07, 6.45) is 10.8. The van der Waals surface area contributed by atoms with Crippen LogP contribution in [0, 0.1) is 6.08 Å². The van der Waals surface area contributed by atoms with E-state index in [4.69, 9.17) is 0 Å². The Morgan fingerprint density at radius 2 is 0.591 bits per heavy atom. The van der Waals surface area contributed by atoms with Gasteiger partial charge in [-0.15, -0.1) is 0 Å². The van der Waals surface area contributed by atoms with Crippen molar-refractivity contribution in [1.29, 1.82) is 0 Å². The van der Waals surface area contributed by atoms with E-state index in [1.165, 1.54) is 77.9 Å². The van der Waals surface area contributed by atoms with Gasteiger partial charge in [0, 0.05) is 32.8 Å². The molecule has 0 spiro atoms. The van der Waals surface area contributed by atoms with E-state index in [2.05, 4.69) is 387 Å². The fraction of sp³-hybridized carbons (Fsp3) is 0.0562. The summed E-state index contributed by atoms with van der Waals surface area (Å²) in [6, 6.07) is 128. The van der Waals surface area contributed by atoms with Crippen molar-refractivity contribution in [3.8, 4) is 0 Å². The molecular formula is C89H67Br2N2+. The van der Waals surface area contributed by atoms with Gasteiger partial charge >= 0.3 is 0 Å². The highest BCUT2D eigenvalue weighted by Crippen LogP contribution is 2.61. The van der Waals surface area contributed by atoms with E-state index in [9.17, 15) is 0 Å². The Hall–Kier alpha value is -10.5. The molecular weight excluding hydrogens is 1260 g/mol. The average molecular weight is 1320 g/mol. The van der Waals surface area contributed by atoms with E-state index >= 15 is 0 Å². The molecule has 13 aromatic carbocycles. The summed E-state index contributed by atoms with van der Waals surface area (Å²) in [6.45, 7) is 0. The first-order valence-electron chi connectivity index (χ1n) is 31.4. The number of hydrogen-bond acceptors (Lipinski definition) is 2. The Kier molecular flexibility index (Phi) is 16.8. The predicted octanol–water partition coefficient (Wildman–Crippen LogP) is 23.7. The highest BCUT2D eigenvalue weighted by atomic mass is 79.9. The van der Waals surface area contributed by atoms with E-state index in [1.54, 1.807) is 0 Å². The molecule has 0 saturated carbocycles. The van der Waals surface area contributed by atoms with Crippen LogP contribution in [0.3, 0.4) is 0 Å². The third-order valence-electron chi connectivity index (χ3n) is 18.7. The average Bonchev–Trinajstić information content (AvgIpc) is 0.720. The molecule has 4 aliphatic rings. The van der Waals surface area contributed by atoms with Crippen molar-refractivity contribution in [2.24, 2.45) is 0 Å². The Labute approximate surface area is 564 Å². The molecule has 93 heavy (non-hydrogen) atoms. The smallest absolute Gasteiger partial charge is 0.117 e. The molecule has 0 bridgehead atoms. The molecule has 2 heterocycles. The molecule has 17 rings (SSSR count).